The molecule has 9 heteroatoms. The van der Waals surface area contributed by atoms with E-state index in [9.17, 15) is 30.3 Å². The Morgan fingerprint density at radius 1 is 0.517 bits per heavy atom. The molecule has 58 heavy (non-hydrogen) atoms. The molecule has 1 fully saturated rings. The third kappa shape index (κ3) is 30.3. The van der Waals surface area contributed by atoms with Gasteiger partial charge in [0.25, 0.3) is 0 Å². The predicted octanol–water partition coefficient (Wildman–Crippen LogP) is 11.1. The maximum Gasteiger partial charge on any atom is 0.220 e. The van der Waals surface area contributed by atoms with Crippen molar-refractivity contribution in [2.75, 3.05) is 13.2 Å². The van der Waals surface area contributed by atoms with Crippen LogP contribution in [0.15, 0.2) is 0 Å². The number of hydrogen-bond acceptors (Lipinski definition) is 8. The first kappa shape index (κ1) is 55.2. The van der Waals surface area contributed by atoms with Crippen molar-refractivity contribution in [2.24, 2.45) is 0 Å². The van der Waals surface area contributed by atoms with Gasteiger partial charge in [-0.25, -0.2) is 0 Å². The fourth-order valence-corrected chi connectivity index (χ4v) is 8.40. The maximum atomic E-state index is 12.9. The minimum absolute atomic E-state index is 0.132. The number of hydrogen-bond donors (Lipinski definition) is 6. The number of ether oxygens (including phenoxy) is 2. The second-order valence-corrected chi connectivity index (χ2v) is 18.0. The Bertz CT molecular complexity index is 878. The number of unbranched alkanes of at least 4 members (excludes halogenated alkanes) is 33. The van der Waals surface area contributed by atoms with Gasteiger partial charge in [0.1, 0.15) is 24.4 Å². The lowest BCUT2D eigenvalue weighted by atomic mass is 9.99. The number of rotatable bonds is 43. The van der Waals surface area contributed by atoms with Crippen LogP contribution in [0.3, 0.4) is 0 Å². The summed E-state index contributed by atoms with van der Waals surface area (Å²) >= 11 is 0. The second kappa shape index (κ2) is 40.3. The van der Waals surface area contributed by atoms with E-state index in [2.05, 4.69) is 19.2 Å². The molecular weight excluding hydrogens is 731 g/mol. The first-order chi connectivity index (χ1) is 28.3. The van der Waals surface area contributed by atoms with Crippen molar-refractivity contribution in [1.82, 2.24) is 5.32 Å². The summed E-state index contributed by atoms with van der Waals surface area (Å²) in [4.78, 5) is 12.9. The smallest absolute Gasteiger partial charge is 0.220 e. The Kier molecular flexibility index (Phi) is 38.3. The highest BCUT2D eigenvalue weighted by Gasteiger charge is 2.44. The van der Waals surface area contributed by atoms with E-state index in [4.69, 9.17) is 9.47 Å². The number of carbonyl (C=O) groups is 1. The zero-order chi connectivity index (χ0) is 42.3. The molecule has 1 saturated heterocycles. The normalized spacial score (nSPS) is 20.7. The minimum atomic E-state index is -1.55. The fourth-order valence-electron chi connectivity index (χ4n) is 8.40. The molecule has 0 aromatic carbocycles. The summed E-state index contributed by atoms with van der Waals surface area (Å²) in [7, 11) is 0. The van der Waals surface area contributed by atoms with Gasteiger partial charge in [-0.05, 0) is 12.8 Å². The number of aliphatic hydroxyl groups is 5. The summed E-state index contributed by atoms with van der Waals surface area (Å²) in [5.41, 5.74) is 0. The highest BCUT2D eigenvalue weighted by molar-refractivity contribution is 5.76. The van der Waals surface area contributed by atoms with Gasteiger partial charge in [0, 0.05) is 6.42 Å². The van der Waals surface area contributed by atoms with E-state index in [1.54, 1.807) is 0 Å². The average Bonchev–Trinajstić information content (AvgIpc) is 3.22. The summed E-state index contributed by atoms with van der Waals surface area (Å²) in [5.74, 6) is -0.142. The lowest BCUT2D eigenvalue weighted by molar-refractivity contribution is -0.302. The summed E-state index contributed by atoms with van der Waals surface area (Å²) in [5, 5.41) is 54.4. The maximum absolute atomic E-state index is 12.9. The van der Waals surface area contributed by atoms with Crippen LogP contribution in [-0.4, -0.2) is 87.5 Å². The Morgan fingerprint density at radius 3 is 1.22 bits per heavy atom. The molecule has 7 unspecified atom stereocenters. The van der Waals surface area contributed by atoms with E-state index in [1.165, 1.54) is 186 Å². The summed E-state index contributed by atoms with van der Waals surface area (Å²) in [6, 6.07) is -0.711. The highest BCUT2D eigenvalue weighted by Crippen LogP contribution is 2.23. The van der Waals surface area contributed by atoms with Crippen molar-refractivity contribution in [1.29, 1.82) is 0 Å². The van der Waals surface area contributed by atoms with E-state index in [0.717, 1.165) is 38.5 Å². The van der Waals surface area contributed by atoms with Crippen LogP contribution in [0.1, 0.15) is 251 Å². The predicted molar refractivity (Wildman–Crippen MR) is 240 cm³/mol. The molecule has 0 spiro atoms. The lowest BCUT2D eigenvalue weighted by Crippen LogP contribution is -2.60. The molecule has 1 aliphatic rings. The molecule has 0 aromatic heterocycles. The van der Waals surface area contributed by atoms with E-state index in [0.29, 0.717) is 12.8 Å². The van der Waals surface area contributed by atoms with Crippen LogP contribution in [0.4, 0.5) is 0 Å². The molecule has 1 rings (SSSR count). The van der Waals surface area contributed by atoms with Crippen LogP contribution in [0, 0.1) is 0 Å². The fraction of sp³-hybridized carbons (Fsp3) is 0.980. The molecule has 6 N–H and O–H groups in total. The van der Waals surface area contributed by atoms with Gasteiger partial charge >= 0.3 is 0 Å². The molecule has 1 heterocycles. The van der Waals surface area contributed by atoms with E-state index in [-0.39, 0.29) is 12.5 Å². The molecule has 1 aliphatic heterocycles. The van der Waals surface area contributed by atoms with Crippen molar-refractivity contribution >= 4 is 5.91 Å². The molecule has 7 atom stereocenters. The van der Waals surface area contributed by atoms with Crippen molar-refractivity contribution < 1.29 is 39.8 Å². The number of amides is 1. The Morgan fingerprint density at radius 2 is 0.862 bits per heavy atom. The van der Waals surface area contributed by atoms with Gasteiger partial charge in [-0.1, -0.05) is 232 Å². The number of carbonyl (C=O) groups excluding carboxylic acids is 1. The number of nitrogens with one attached hydrogen (secondary N) is 1. The first-order valence-electron chi connectivity index (χ1n) is 25.2. The van der Waals surface area contributed by atoms with Gasteiger partial charge in [-0.2, -0.15) is 0 Å². The average molecular weight is 828 g/mol. The Balaban J connectivity index is 2.20. The SMILES string of the molecule is CCCCCCCCCCCCCCCCCCCCCCCCCCC(O)C(COC1OC(CO)C(O)C(O)C1O)NC(=O)CCCCCCCCCCCCC. The van der Waals surface area contributed by atoms with Gasteiger partial charge in [0.2, 0.25) is 5.91 Å². The Labute approximate surface area is 357 Å². The number of aliphatic hydroxyl groups excluding tert-OH is 5. The van der Waals surface area contributed by atoms with E-state index < -0.39 is 49.5 Å². The molecule has 0 aromatic rings. The topological polar surface area (TPSA) is 149 Å². The first-order valence-corrected chi connectivity index (χ1v) is 25.2. The molecule has 0 saturated carbocycles. The van der Waals surface area contributed by atoms with Gasteiger partial charge in [-0.15, -0.1) is 0 Å². The van der Waals surface area contributed by atoms with E-state index in [1.807, 2.05) is 0 Å². The molecule has 0 aliphatic carbocycles. The largest absolute Gasteiger partial charge is 0.394 e. The van der Waals surface area contributed by atoms with Crippen LogP contribution in [-0.2, 0) is 14.3 Å². The monoisotopic (exact) mass is 828 g/mol. The van der Waals surface area contributed by atoms with Crippen molar-refractivity contribution in [2.45, 2.75) is 294 Å². The van der Waals surface area contributed by atoms with Gasteiger partial charge in [-0.3, -0.25) is 4.79 Å². The third-order valence-electron chi connectivity index (χ3n) is 12.5. The van der Waals surface area contributed by atoms with Crippen LogP contribution < -0.4 is 5.32 Å². The van der Waals surface area contributed by atoms with Crippen molar-refractivity contribution in [3.63, 3.8) is 0 Å². The second-order valence-electron chi connectivity index (χ2n) is 18.0. The summed E-state index contributed by atoms with van der Waals surface area (Å²) in [6.07, 6.45) is 38.4. The Hall–Kier alpha value is -0.810. The van der Waals surface area contributed by atoms with Crippen LogP contribution in [0.2, 0.25) is 0 Å². The molecule has 9 nitrogen and oxygen atoms in total. The molecular formula is C49H97NO8. The highest BCUT2D eigenvalue weighted by atomic mass is 16.7. The summed E-state index contributed by atoms with van der Waals surface area (Å²) in [6.45, 7) is 3.85. The molecule has 346 valence electrons. The lowest BCUT2D eigenvalue weighted by Gasteiger charge is -2.40. The van der Waals surface area contributed by atoms with Gasteiger partial charge < -0.3 is 40.3 Å². The molecule has 0 radical (unpaired) electrons. The van der Waals surface area contributed by atoms with Gasteiger partial charge in [0.05, 0.1) is 25.4 Å². The van der Waals surface area contributed by atoms with Crippen LogP contribution >= 0.6 is 0 Å². The summed E-state index contributed by atoms with van der Waals surface area (Å²) < 4.78 is 11.3. The van der Waals surface area contributed by atoms with E-state index >= 15 is 0 Å². The third-order valence-corrected chi connectivity index (χ3v) is 12.5. The zero-order valence-electron chi connectivity index (χ0n) is 38.1. The van der Waals surface area contributed by atoms with Crippen LogP contribution in [0.5, 0.6) is 0 Å². The zero-order valence-corrected chi connectivity index (χ0v) is 38.1. The standard InChI is InChI=1S/C49H97NO8/c1-3-5-7-9-11-13-15-16-17-18-19-20-21-22-23-24-25-26-27-29-30-32-34-36-38-43(52)42(41-57-49-48(56)47(55)46(54)44(40-51)58-49)50-45(53)39-37-35-33-31-28-14-12-10-8-6-4-2/h42-44,46-49,51-52,54-56H,3-41H2,1-2H3,(H,50,53). The van der Waals surface area contributed by atoms with Gasteiger partial charge in [0.15, 0.2) is 6.29 Å². The quantitative estimate of drug-likeness (QED) is 0.0333. The van der Waals surface area contributed by atoms with Crippen LogP contribution in [0.25, 0.3) is 0 Å². The molecule has 1 amide bonds. The minimum Gasteiger partial charge on any atom is -0.394 e. The van der Waals surface area contributed by atoms with Crippen molar-refractivity contribution in [3.8, 4) is 0 Å². The molecule has 0 bridgehead atoms. The van der Waals surface area contributed by atoms with Crippen molar-refractivity contribution in [3.05, 3.63) is 0 Å².